The molecule has 5 rings (SSSR count). The van der Waals surface area contributed by atoms with Gasteiger partial charge in [-0.1, -0.05) is 28.1 Å². The molecule has 0 aromatic heterocycles. The first-order chi connectivity index (χ1) is 11.7. The Bertz CT molecular complexity index is 921. The van der Waals surface area contributed by atoms with Crippen LogP contribution >= 0.6 is 15.9 Å². The number of ether oxygens (including phenoxy) is 3. The molecule has 0 saturated carbocycles. The lowest BCUT2D eigenvalue weighted by Gasteiger charge is -2.27. The fourth-order valence-corrected chi connectivity index (χ4v) is 3.88. The fourth-order valence-electron chi connectivity index (χ4n) is 3.47. The van der Waals surface area contributed by atoms with E-state index in [0.29, 0.717) is 17.1 Å². The van der Waals surface area contributed by atoms with Gasteiger partial charge in [0.05, 0.1) is 11.3 Å². The van der Waals surface area contributed by atoms with E-state index < -0.39 is 0 Å². The maximum absolute atomic E-state index is 12.3. The number of carbonyl (C=O) groups is 1. The van der Waals surface area contributed by atoms with Crippen molar-refractivity contribution in [3.63, 3.8) is 0 Å². The maximum Gasteiger partial charge on any atom is 0.337 e. The second-order valence-corrected chi connectivity index (χ2v) is 6.79. The van der Waals surface area contributed by atoms with Gasteiger partial charge in [0, 0.05) is 22.1 Å². The highest BCUT2D eigenvalue weighted by molar-refractivity contribution is 9.10. The zero-order valence-electron chi connectivity index (χ0n) is 12.5. The Kier molecular flexibility index (Phi) is 2.91. The van der Waals surface area contributed by atoms with E-state index in [-0.39, 0.29) is 25.3 Å². The highest BCUT2D eigenvalue weighted by atomic mass is 79.9. The summed E-state index contributed by atoms with van der Waals surface area (Å²) in [5, 5.41) is 3.32. The number of esters is 1. The molecule has 3 aliphatic heterocycles. The van der Waals surface area contributed by atoms with Gasteiger partial charge in [-0.3, -0.25) is 0 Å². The summed E-state index contributed by atoms with van der Waals surface area (Å²) < 4.78 is 17.2. The van der Waals surface area contributed by atoms with Gasteiger partial charge >= 0.3 is 5.97 Å². The monoisotopic (exact) mass is 385 g/mol. The van der Waals surface area contributed by atoms with Crippen molar-refractivity contribution >= 4 is 27.6 Å². The minimum atomic E-state index is -0.272. The summed E-state index contributed by atoms with van der Waals surface area (Å²) in [6.07, 6.45) is 0. The summed E-state index contributed by atoms with van der Waals surface area (Å²) in [5.41, 5.74) is 4.41. The van der Waals surface area contributed by atoms with Crippen molar-refractivity contribution in [1.82, 2.24) is 0 Å². The number of rotatable bonds is 1. The van der Waals surface area contributed by atoms with Gasteiger partial charge < -0.3 is 19.5 Å². The van der Waals surface area contributed by atoms with E-state index in [1.54, 1.807) is 0 Å². The largest absolute Gasteiger partial charge is 0.456 e. The molecule has 1 N–H and O–H groups in total. The highest BCUT2D eigenvalue weighted by Gasteiger charge is 2.39. The molecule has 2 aromatic carbocycles. The zero-order valence-corrected chi connectivity index (χ0v) is 14.1. The van der Waals surface area contributed by atoms with Crippen LogP contribution < -0.4 is 14.8 Å². The lowest BCUT2D eigenvalue weighted by molar-refractivity contribution is -0.136. The first-order valence-electron chi connectivity index (χ1n) is 7.57. The summed E-state index contributed by atoms with van der Waals surface area (Å²) in [6.45, 7) is 0.488. The molecule has 1 atom stereocenters. The Labute approximate surface area is 146 Å². The second kappa shape index (κ2) is 5.01. The van der Waals surface area contributed by atoms with Crippen LogP contribution in [0.1, 0.15) is 17.0 Å². The molecule has 2 aromatic rings. The number of cyclic esters (lactones) is 1. The summed E-state index contributed by atoms with van der Waals surface area (Å²) in [5.74, 6) is 0.943. The summed E-state index contributed by atoms with van der Waals surface area (Å²) in [6, 6.07) is 11.9. The molecule has 24 heavy (non-hydrogen) atoms. The lowest BCUT2D eigenvalue weighted by Crippen LogP contribution is -2.19. The Hall–Kier alpha value is -2.47. The molecule has 0 saturated heterocycles. The first-order valence-corrected chi connectivity index (χ1v) is 8.36. The standard InChI is InChI=1S/C18H12BrNO4/c19-10-3-1-2-9(4-10)16-11-5-14-15(24-8-23-14)6-12(11)20-13-7-22-18(21)17(13)16/h1-6,16,20H,7-8H2. The van der Waals surface area contributed by atoms with Gasteiger partial charge in [-0.2, -0.15) is 0 Å². The normalized spacial score (nSPS) is 20.4. The fraction of sp³-hybridized carbons (Fsp3) is 0.167. The van der Waals surface area contributed by atoms with Crippen LogP contribution in [0.25, 0.3) is 0 Å². The van der Waals surface area contributed by atoms with Gasteiger partial charge in [-0.15, -0.1) is 0 Å². The van der Waals surface area contributed by atoms with E-state index in [4.69, 9.17) is 14.2 Å². The molecule has 0 aliphatic carbocycles. The molecule has 5 nitrogen and oxygen atoms in total. The van der Waals surface area contributed by atoms with E-state index in [1.165, 1.54) is 0 Å². The molecule has 120 valence electrons. The SMILES string of the molecule is O=C1OCC2=C1C(c1cccc(Br)c1)c1cc3c(cc1N2)OCO3. The minimum Gasteiger partial charge on any atom is -0.456 e. The number of anilines is 1. The summed E-state index contributed by atoms with van der Waals surface area (Å²) in [4.78, 5) is 12.3. The topological polar surface area (TPSA) is 56.8 Å². The highest BCUT2D eigenvalue weighted by Crippen LogP contribution is 2.48. The smallest absolute Gasteiger partial charge is 0.337 e. The predicted molar refractivity (Wildman–Crippen MR) is 90.2 cm³/mol. The van der Waals surface area contributed by atoms with E-state index in [2.05, 4.69) is 21.2 Å². The van der Waals surface area contributed by atoms with Gasteiger partial charge in [0.25, 0.3) is 0 Å². The third-order valence-electron chi connectivity index (χ3n) is 4.50. The average Bonchev–Trinajstić information content (AvgIpc) is 3.17. The number of carbonyl (C=O) groups excluding carboxylic acids is 1. The van der Waals surface area contributed by atoms with Crippen LogP contribution in [0.4, 0.5) is 5.69 Å². The molecule has 0 radical (unpaired) electrons. The van der Waals surface area contributed by atoms with Crippen LogP contribution in [0.5, 0.6) is 11.5 Å². The van der Waals surface area contributed by atoms with E-state index >= 15 is 0 Å². The number of hydrogen-bond acceptors (Lipinski definition) is 5. The van der Waals surface area contributed by atoms with Crippen molar-refractivity contribution in [3.8, 4) is 11.5 Å². The van der Waals surface area contributed by atoms with Crippen LogP contribution in [-0.4, -0.2) is 19.4 Å². The molecule has 1 unspecified atom stereocenters. The van der Waals surface area contributed by atoms with Crippen LogP contribution in [0, 0.1) is 0 Å². The van der Waals surface area contributed by atoms with Gasteiger partial charge in [0.2, 0.25) is 6.79 Å². The maximum atomic E-state index is 12.3. The Morgan fingerprint density at radius 2 is 1.92 bits per heavy atom. The van der Waals surface area contributed by atoms with Crippen molar-refractivity contribution in [2.75, 3.05) is 18.7 Å². The van der Waals surface area contributed by atoms with Crippen molar-refractivity contribution in [2.24, 2.45) is 0 Å². The third kappa shape index (κ3) is 1.96. The number of halogens is 1. The zero-order chi connectivity index (χ0) is 16.3. The first kappa shape index (κ1) is 13.9. The van der Waals surface area contributed by atoms with E-state index in [9.17, 15) is 4.79 Å². The van der Waals surface area contributed by atoms with Gasteiger partial charge in [-0.25, -0.2) is 4.79 Å². The van der Waals surface area contributed by atoms with Crippen LogP contribution in [-0.2, 0) is 9.53 Å². The molecule has 0 bridgehead atoms. The molecule has 6 heteroatoms. The molecule has 0 amide bonds. The van der Waals surface area contributed by atoms with E-state index in [1.807, 2.05) is 36.4 Å². The molecule has 0 spiro atoms. The average molecular weight is 386 g/mol. The molecule has 3 aliphatic rings. The third-order valence-corrected chi connectivity index (χ3v) is 5.00. The number of hydrogen-bond donors (Lipinski definition) is 1. The van der Waals surface area contributed by atoms with Crippen LogP contribution in [0.3, 0.4) is 0 Å². The number of fused-ring (bicyclic) bond motifs is 2. The Morgan fingerprint density at radius 1 is 1.08 bits per heavy atom. The predicted octanol–water partition coefficient (Wildman–Crippen LogP) is 3.55. The molecular formula is C18H12BrNO4. The van der Waals surface area contributed by atoms with Crippen molar-refractivity contribution in [3.05, 3.63) is 63.3 Å². The lowest BCUT2D eigenvalue weighted by atomic mass is 9.81. The van der Waals surface area contributed by atoms with Crippen molar-refractivity contribution < 1.29 is 19.0 Å². The van der Waals surface area contributed by atoms with Crippen molar-refractivity contribution in [2.45, 2.75) is 5.92 Å². The number of nitrogens with one attached hydrogen (secondary N) is 1. The number of benzene rings is 2. The second-order valence-electron chi connectivity index (χ2n) is 5.87. The quantitative estimate of drug-likeness (QED) is 0.760. The summed E-state index contributed by atoms with van der Waals surface area (Å²) >= 11 is 3.51. The Balaban J connectivity index is 1.75. The van der Waals surface area contributed by atoms with Gasteiger partial charge in [0.15, 0.2) is 11.5 Å². The minimum absolute atomic E-state index is 0.196. The Morgan fingerprint density at radius 3 is 2.75 bits per heavy atom. The molecule has 3 heterocycles. The van der Waals surface area contributed by atoms with Crippen LogP contribution in [0.15, 0.2) is 52.1 Å². The molecule has 0 fully saturated rings. The summed E-state index contributed by atoms with van der Waals surface area (Å²) in [7, 11) is 0. The van der Waals surface area contributed by atoms with Gasteiger partial charge in [0.1, 0.15) is 6.61 Å². The van der Waals surface area contributed by atoms with Gasteiger partial charge in [-0.05, 0) is 29.3 Å². The van der Waals surface area contributed by atoms with E-state index in [0.717, 1.165) is 27.0 Å². The van der Waals surface area contributed by atoms with Crippen molar-refractivity contribution in [1.29, 1.82) is 0 Å². The van der Waals surface area contributed by atoms with Crippen LogP contribution in [0.2, 0.25) is 0 Å². The molecular weight excluding hydrogens is 374 g/mol.